The molecule has 0 aliphatic carbocycles. The number of hydrogen-bond donors (Lipinski definition) is 0. The summed E-state index contributed by atoms with van der Waals surface area (Å²) in [5, 5.41) is 0. The number of pyridine rings is 1. The molecule has 0 spiro atoms. The molecule has 0 aliphatic rings. The van der Waals surface area contributed by atoms with E-state index in [4.69, 9.17) is 4.74 Å². The number of aryl methyl sites for hydroxylation is 1. The first-order valence-electron chi connectivity index (χ1n) is 7.22. The van der Waals surface area contributed by atoms with Gasteiger partial charge in [0.15, 0.2) is 0 Å². The fraction of sp³-hybridized carbons (Fsp3) is 0.235. The van der Waals surface area contributed by atoms with Crippen LogP contribution in [-0.2, 0) is 11.3 Å². The van der Waals surface area contributed by atoms with E-state index in [0.29, 0.717) is 18.7 Å². The van der Waals surface area contributed by atoms with Gasteiger partial charge in [-0.15, -0.1) is 0 Å². The summed E-state index contributed by atoms with van der Waals surface area (Å²) >= 11 is 0. The fourth-order valence-electron chi connectivity index (χ4n) is 2.44. The van der Waals surface area contributed by atoms with Gasteiger partial charge in [-0.25, -0.2) is 9.78 Å². The molecule has 5 heteroatoms. The lowest BCUT2D eigenvalue weighted by Gasteiger charge is -2.08. The average Bonchev–Trinajstić information content (AvgIpc) is 2.84. The van der Waals surface area contributed by atoms with Gasteiger partial charge in [0.05, 0.1) is 23.9 Å². The number of hydrogen-bond acceptors (Lipinski definition) is 4. The van der Waals surface area contributed by atoms with Crippen LogP contribution < -0.4 is 0 Å². The number of nitrogens with zero attached hydrogens (tertiary/aromatic N) is 3. The van der Waals surface area contributed by atoms with Crippen molar-refractivity contribution >= 4 is 17.0 Å². The second-order valence-electron chi connectivity index (χ2n) is 5.03. The quantitative estimate of drug-likeness (QED) is 0.694. The number of carbonyl (C=O) groups is 1. The SMILES string of the molecule is CCOC(=O)c1ccc(Cn2c(C)nc3cnccc32)cc1. The van der Waals surface area contributed by atoms with Crippen LogP contribution in [0.5, 0.6) is 0 Å². The van der Waals surface area contributed by atoms with Crippen molar-refractivity contribution in [3.05, 3.63) is 59.7 Å². The lowest BCUT2D eigenvalue weighted by Crippen LogP contribution is -2.06. The van der Waals surface area contributed by atoms with Gasteiger partial charge in [0.1, 0.15) is 11.3 Å². The highest BCUT2D eigenvalue weighted by molar-refractivity contribution is 5.89. The molecule has 0 amide bonds. The first kappa shape index (κ1) is 14.3. The lowest BCUT2D eigenvalue weighted by molar-refractivity contribution is 0.0526. The Hall–Kier alpha value is -2.69. The molecule has 3 aromatic rings. The van der Waals surface area contributed by atoms with Crippen LogP contribution in [0.3, 0.4) is 0 Å². The van der Waals surface area contributed by atoms with Gasteiger partial charge in [-0.05, 0) is 37.6 Å². The molecule has 22 heavy (non-hydrogen) atoms. The zero-order chi connectivity index (χ0) is 15.5. The Morgan fingerprint density at radius 2 is 2.00 bits per heavy atom. The maximum absolute atomic E-state index is 11.7. The molecular weight excluding hydrogens is 278 g/mol. The normalized spacial score (nSPS) is 10.8. The number of esters is 1. The van der Waals surface area contributed by atoms with Crippen LogP contribution in [-0.4, -0.2) is 27.1 Å². The molecule has 5 nitrogen and oxygen atoms in total. The second kappa shape index (κ2) is 5.97. The Morgan fingerprint density at radius 1 is 1.23 bits per heavy atom. The van der Waals surface area contributed by atoms with Gasteiger partial charge in [-0.1, -0.05) is 12.1 Å². The number of benzene rings is 1. The molecule has 0 atom stereocenters. The molecule has 1 aromatic carbocycles. The third-order valence-electron chi connectivity index (χ3n) is 3.55. The van der Waals surface area contributed by atoms with Crippen LogP contribution >= 0.6 is 0 Å². The van der Waals surface area contributed by atoms with Crippen molar-refractivity contribution in [3.63, 3.8) is 0 Å². The van der Waals surface area contributed by atoms with E-state index in [-0.39, 0.29) is 5.97 Å². The third-order valence-corrected chi connectivity index (χ3v) is 3.55. The molecule has 3 rings (SSSR count). The minimum atomic E-state index is -0.288. The van der Waals surface area contributed by atoms with E-state index in [9.17, 15) is 4.79 Å². The predicted octanol–water partition coefficient (Wildman–Crippen LogP) is 2.96. The summed E-state index contributed by atoms with van der Waals surface area (Å²) in [6.07, 6.45) is 3.53. The average molecular weight is 295 g/mol. The molecular formula is C17H17N3O2. The number of aromatic nitrogens is 3. The van der Waals surface area contributed by atoms with Crippen LogP contribution in [0.15, 0.2) is 42.7 Å². The van der Waals surface area contributed by atoms with Crippen LogP contribution in [0.4, 0.5) is 0 Å². The second-order valence-corrected chi connectivity index (χ2v) is 5.03. The summed E-state index contributed by atoms with van der Waals surface area (Å²) < 4.78 is 7.12. The van der Waals surface area contributed by atoms with E-state index in [2.05, 4.69) is 14.5 Å². The summed E-state index contributed by atoms with van der Waals surface area (Å²) in [4.78, 5) is 20.3. The molecule has 0 N–H and O–H groups in total. The van der Waals surface area contributed by atoms with Crippen LogP contribution in [0, 0.1) is 6.92 Å². The lowest BCUT2D eigenvalue weighted by atomic mass is 10.1. The Kier molecular flexibility index (Phi) is 3.87. The van der Waals surface area contributed by atoms with E-state index in [1.807, 2.05) is 25.1 Å². The molecule has 0 aliphatic heterocycles. The Balaban J connectivity index is 1.86. The summed E-state index contributed by atoms with van der Waals surface area (Å²) in [6, 6.07) is 9.44. The smallest absolute Gasteiger partial charge is 0.338 e. The molecule has 0 saturated carbocycles. The van der Waals surface area contributed by atoms with Crippen molar-refractivity contribution in [1.29, 1.82) is 0 Å². The van der Waals surface area contributed by atoms with Gasteiger partial charge >= 0.3 is 5.97 Å². The van der Waals surface area contributed by atoms with Crippen molar-refractivity contribution in [1.82, 2.24) is 14.5 Å². The number of ether oxygens (including phenoxy) is 1. The molecule has 0 unspecified atom stereocenters. The van der Waals surface area contributed by atoms with Gasteiger partial charge in [-0.3, -0.25) is 4.98 Å². The largest absolute Gasteiger partial charge is 0.462 e. The molecule has 0 fully saturated rings. The standard InChI is InChI=1S/C17H17N3O2/c1-3-22-17(21)14-6-4-13(5-7-14)11-20-12(2)19-15-10-18-9-8-16(15)20/h4-10H,3,11H2,1-2H3. The van der Waals surface area contributed by atoms with E-state index >= 15 is 0 Å². The highest BCUT2D eigenvalue weighted by atomic mass is 16.5. The van der Waals surface area contributed by atoms with E-state index in [1.165, 1.54) is 0 Å². The van der Waals surface area contributed by atoms with Crippen LogP contribution in [0.25, 0.3) is 11.0 Å². The predicted molar refractivity (Wildman–Crippen MR) is 83.8 cm³/mol. The van der Waals surface area contributed by atoms with Crippen molar-refractivity contribution in [2.45, 2.75) is 20.4 Å². The zero-order valence-corrected chi connectivity index (χ0v) is 12.6. The first-order valence-corrected chi connectivity index (χ1v) is 7.22. The van der Waals surface area contributed by atoms with Gasteiger partial charge in [0, 0.05) is 12.7 Å². The zero-order valence-electron chi connectivity index (χ0n) is 12.6. The summed E-state index contributed by atoms with van der Waals surface area (Å²) in [5.41, 5.74) is 3.62. The van der Waals surface area contributed by atoms with Crippen molar-refractivity contribution < 1.29 is 9.53 Å². The highest BCUT2D eigenvalue weighted by Gasteiger charge is 2.09. The Morgan fingerprint density at radius 3 is 2.73 bits per heavy atom. The molecule has 0 radical (unpaired) electrons. The van der Waals surface area contributed by atoms with Crippen molar-refractivity contribution in [2.24, 2.45) is 0 Å². The minimum Gasteiger partial charge on any atom is -0.462 e. The van der Waals surface area contributed by atoms with Gasteiger partial charge in [0.25, 0.3) is 0 Å². The van der Waals surface area contributed by atoms with Crippen LogP contribution in [0.2, 0.25) is 0 Å². The number of fused-ring (bicyclic) bond motifs is 1. The van der Waals surface area contributed by atoms with E-state index in [1.54, 1.807) is 31.5 Å². The van der Waals surface area contributed by atoms with Crippen molar-refractivity contribution in [2.75, 3.05) is 6.61 Å². The maximum Gasteiger partial charge on any atom is 0.338 e. The summed E-state index contributed by atoms with van der Waals surface area (Å²) in [7, 11) is 0. The molecule has 0 saturated heterocycles. The molecule has 2 heterocycles. The number of rotatable bonds is 4. The number of imidazole rings is 1. The highest BCUT2D eigenvalue weighted by Crippen LogP contribution is 2.17. The van der Waals surface area contributed by atoms with E-state index in [0.717, 1.165) is 22.4 Å². The molecule has 112 valence electrons. The monoisotopic (exact) mass is 295 g/mol. The minimum absolute atomic E-state index is 0.288. The van der Waals surface area contributed by atoms with Crippen LogP contribution in [0.1, 0.15) is 28.7 Å². The molecule has 2 aromatic heterocycles. The van der Waals surface area contributed by atoms with Gasteiger partial charge < -0.3 is 9.30 Å². The maximum atomic E-state index is 11.7. The Labute approximate surface area is 128 Å². The fourth-order valence-corrected chi connectivity index (χ4v) is 2.44. The third kappa shape index (κ3) is 2.70. The van der Waals surface area contributed by atoms with Crippen molar-refractivity contribution in [3.8, 4) is 0 Å². The summed E-state index contributed by atoms with van der Waals surface area (Å²) in [6.45, 7) is 4.87. The molecule has 0 bridgehead atoms. The Bertz CT molecular complexity index is 806. The topological polar surface area (TPSA) is 57.0 Å². The number of carbonyl (C=O) groups excluding carboxylic acids is 1. The van der Waals surface area contributed by atoms with Gasteiger partial charge in [-0.2, -0.15) is 0 Å². The van der Waals surface area contributed by atoms with Gasteiger partial charge in [0.2, 0.25) is 0 Å². The van der Waals surface area contributed by atoms with E-state index < -0.39 is 0 Å². The first-order chi connectivity index (χ1) is 10.7. The summed E-state index contributed by atoms with van der Waals surface area (Å²) in [5.74, 6) is 0.654.